The molecule has 0 aliphatic heterocycles. The molecule has 0 heterocycles. The lowest BCUT2D eigenvalue weighted by Crippen LogP contribution is -2.52. The quantitative estimate of drug-likeness (QED) is 0.402. The summed E-state index contributed by atoms with van der Waals surface area (Å²) < 4.78 is 5.84. The summed E-state index contributed by atoms with van der Waals surface area (Å²) in [5.74, 6) is 0.566. The van der Waals surface area contributed by atoms with E-state index in [-0.39, 0.29) is 18.4 Å². The minimum absolute atomic E-state index is 0.138. The van der Waals surface area contributed by atoms with Crippen molar-refractivity contribution >= 4 is 11.8 Å². The van der Waals surface area contributed by atoms with Crippen LogP contribution >= 0.6 is 0 Å². The highest BCUT2D eigenvalue weighted by Crippen LogP contribution is 2.17. The van der Waals surface area contributed by atoms with Crippen molar-refractivity contribution in [2.45, 2.75) is 46.2 Å². The van der Waals surface area contributed by atoms with Crippen molar-refractivity contribution in [2.75, 3.05) is 13.2 Å². The van der Waals surface area contributed by atoms with E-state index in [2.05, 4.69) is 26.1 Å². The van der Waals surface area contributed by atoms with Crippen LogP contribution in [-0.2, 0) is 29.0 Å². The van der Waals surface area contributed by atoms with Crippen LogP contribution < -0.4 is 10.1 Å². The van der Waals surface area contributed by atoms with Gasteiger partial charge >= 0.3 is 0 Å². The van der Waals surface area contributed by atoms with Crippen LogP contribution in [-0.4, -0.2) is 35.9 Å². The van der Waals surface area contributed by atoms with Crippen LogP contribution in [0, 0.1) is 5.92 Å². The Morgan fingerprint density at radius 1 is 0.829 bits per heavy atom. The third kappa shape index (κ3) is 8.29. The molecule has 3 aromatic rings. The zero-order chi connectivity index (χ0) is 25.0. The Hall–Kier alpha value is -3.60. The summed E-state index contributed by atoms with van der Waals surface area (Å²) >= 11 is 0. The van der Waals surface area contributed by atoms with Gasteiger partial charge in [0, 0.05) is 19.5 Å². The Labute approximate surface area is 209 Å². The van der Waals surface area contributed by atoms with Crippen molar-refractivity contribution in [2.24, 2.45) is 5.92 Å². The molecule has 5 nitrogen and oxygen atoms in total. The van der Waals surface area contributed by atoms with E-state index in [0.717, 1.165) is 17.5 Å². The maximum absolute atomic E-state index is 13.5. The van der Waals surface area contributed by atoms with Crippen LogP contribution in [0.5, 0.6) is 5.75 Å². The predicted molar refractivity (Wildman–Crippen MR) is 140 cm³/mol. The van der Waals surface area contributed by atoms with Gasteiger partial charge in [-0.1, -0.05) is 93.6 Å². The second-order valence-electron chi connectivity index (χ2n) is 9.14. The topological polar surface area (TPSA) is 58.6 Å². The molecule has 0 bridgehead atoms. The molecule has 184 valence electrons. The van der Waals surface area contributed by atoms with Crippen LogP contribution in [0.3, 0.4) is 0 Å². The third-order valence-electron chi connectivity index (χ3n) is 5.85. The monoisotopic (exact) mass is 472 g/mol. The van der Waals surface area contributed by atoms with E-state index >= 15 is 0 Å². The van der Waals surface area contributed by atoms with E-state index in [1.54, 1.807) is 4.90 Å². The first kappa shape index (κ1) is 26.0. The average Bonchev–Trinajstić information content (AvgIpc) is 2.89. The van der Waals surface area contributed by atoms with Crippen LogP contribution in [0.4, 0.5) is 0 Å². The number of carbonyl (C=O) groups excluding carboxylic acids is 2. The molecular weight excluding hydrogens is 436 g/mol. The molecule has 0 unspecified atom stereocenters. The largest absolute Gasteiger partial charge is 0.484 e. The van der Waals surface area contributed by atoms with Crippen LogP contribution in [0.1, 0.15) is 37.5 Å². The molecular formula is C30H36N2O3. The number of carbonyl (C=O) groups is 2. The van der Waals surface area contributed by atoms with Gasteiger partial charge in [-0.3, -0.25) is 9.59 Å². The van der Waals surface area contributed by atoms with E-state index < -0.39 is 6.04 Å². The molecule has 0 aliphatic rings. The van der Waals surface area contributed by atoms with Gasteiger partial charge in [-0.15, -0.1) is 0 Å². The van der Waals surface area contributed by atoms with Crippen molar-refractivity contribution < 1.29 is 14.3 Å². The van der Waals surface area contributed by atoms with Crippen LogP contribution in [0.2, 0.25) is 0 Å². The molecule has 0 radical (unpaired) electrons. The van der Waals surface area contributed by atoms with Gasteiger partial charge in [-0.2, -0.15) is 0 Å². The van der Waals surface area contributed by atoms with Crippen LogP contribution in [0.25, 0.3) is 0 Å². The smallest absolute Gasteiger partial charge is 0.261 e. The minimum Gasteiger partial charge on any atom is -0.484 e. The number of aryl methyl sites for hydroxylation is 1. The van der Waals surface area contributed by atoms with Crippen molar-refractivity contribution in [1.82, 2.24) is 10.2 Å². The summed E-state index contributed by atoms with van der Waals surface area (Å²) in [5, 5.41) is 3.04. The second kappa shape index (κ2) is 13.3. The van der Waals surface area contributed by atoms with Gasteiger partial charge in [0.15, 0.2) is 6.61 Å². The number of hydrogen-bond acceptors (Lipinski definition) is 3. The SMILES string of the molecule is CCc1ccc(OCC(=O)N(Cc2ccccc2)[C@@H](Cc2ccccc2)C(=O)NCC(C)C)cc1. The number of benzene rings is 3. The fraction of sp³-hybridized carbons (Fsp3) is 0.333. The highest BCUT2D eigenvalue weighted by atomic mass is 16.5. The standard InChI is InChI=1S/C30H36N2O3/c1-4-24-15-17-27(18-16-24)35-22-29(33)32(21-26-13-9-6-10-14-26)28(30(34)31-20-23(2)3)19-25-11-7-5-8-12-25/h5-18,23,28H,4,19-22H2,1-3H3,(H,31,34)/t28-/m0/s1. The summed E-state index contributed by atoms with van der Waals surface area (Å²) in [6.45, 7) is 6.94. The van der Waals surface area contributed by atoms with Gasteiger partial charge in [0.2, 0.25) is 5.91 Å². The number of nitrogens with one attached hydrogen (secondary N) is 1. The lowest BCUT2D eigenvalue weighted by atomic mass is 10.0. The number of hydrogen-bond donors (Lipinski definition) is 1. The molecule has 0 fully saturated rings. The molecule has 2 amide bonds. The molecule has 3 rings (SSSR count). The number of ether oxygens (including phenoxy) is 1. The van der Waals surface area contributed by atoms with Gasteiger partial charge in [-0.05, 0) is 41.2 Å². The Morgan fingerprint density at radius 2 is 1.43 bits per heavy atom. The van der Waals surface area contributed by atoms with Crippen molar-refractivity contribution in [3.8, 4) is 5.75 Å². The lowest BCUT2D eigenvalue weighted by Gasteiger charge is -2.31. The maximum atomic E-state index is 13.5. The Kier molecular flexibility index (Phi) is 9.91. The van der Waals surface area contributed by atoms with E-state index in [4.69, 9.17) is 4.74 Å². The van der Waals surface area contributed by atoms with Crippen molar-refractivity contribution in [3.05, 3.63) is 102 Å². The molecule has 0 aromatic heterocycles. The molecule has 0 spiro atoms. The predicted octanol–water partition coefficient (Wildman–Crippen LogP) is 5.04. The Morgan fingerprint density at radius 3 is 2.00 bits per heavy atom. The summed E-state index contributed by atoms with van der Waals surface area (Å²) in [5.41, 5.74) is 3.17. The highest BCUT2D eigenvalue weighted by Gasteiger charge is 2.30. The summed E-state index contributed by atoms with van der Waals surface area (Å²) in [7, 11) is 0. The Balaban J connectivity index is 1.85. The summed E-state index contributed by atoms with van der Waals surface area (Å²) in [4.78, 5) is 28.6. The molecule has 3 aromatic carbocycles. The first-order valence-corrected chi connectivity index (χ1v) is 12.3. The number of amides is 2. The van der Waals surface area contributed by atoms with Crippen molar-refractivity contribution in [3.63, 3.8) is 0 Å². The molecule has 0 aliphatic carbocycles. The zero-order valence-corrected chi connectivity index (χ0v) is 20.9. The zero-order valence-electron chi connectivity index (χ0n) is 20.9. The molecule has 35 heavy (non-hydrogen) atoms. The fourth-order valence-corrected chi connectivity index (χ4v) is 3.81. The van der Waals surface area contributed by atoms with E-state index in [1.807, 2.05) is 84.9 Å². The fourth-order valence-electron chi connectivity index (χ4n) is 3.81. The number of nitrogens with zero attached hydrogens (tertiary/aromatic N) is 1. The normalized spacial score (nSPS) is 11.7. The molecule has 5 heteroatoms. The minimum atomic E-state index is -0.657. The van der Waals surface area contributed by atoms with E-state index in [0.29, 0.717) is 31.2 Å². The number of rotatable bonds is 12. The van der Waals surface area contributed by atoms with E-state index in [1.165, 1.54) is 5.56 Å². The lowest BCUT2D eigenvalue weighted by molar-refractivity contribution is -0.142. The van der Waals surface area contributed by atoms with Gasteiger partial charge in [0.1, 0.15) is 11.8 Å². The summed E-state index contributed by atoms with van der Waals surface area (Å²) in [6, 6.07) is 26.7. The van der Waals surface area contributed by atoms with Crippen LogP contribution in [0.15, 0.2) is 84.9 Å². The Bertz CT molecular complexity index is 1050. The first-order valence-electron chi connectivity index (χ1n) is 12.3. The molecule has 0 saturated carbocycles. The third-order valence-corrected chi connectivity index (χ3v) is 5.85. The average molecular weight is 473 g/mol. The van der Waals surface area contributed by atoms with Gasteiger partial charge in [0.05, 0.1) is 0 Å². The highest BCUT2D eigenvalue weighted by molar-refractivity contribution is 5.88. The molecule has 0 saturated heterocycles. The van der Waals surface area contributed by atoms with Gasteiger partial charge in [0.25, 0.3) is 5.91 Å². The first-order chi connectivity index (χ1) is 17.0. The second-order valence-corrected chi connectivity index (χ2v) is 9.14. The van der Waals surface area contributed by atoms with Gasteiger partial charge < -0.3 is 15.0 Å². The van der Waals surface area contributed by atoms with E-state index in [9.17, 15) is 9.59 Å². The maximum Gasteiger partial charge on any atom is 0.261 e. The van der Waals surface area contributed by atoms with Gasteiger partial charge in [-0.25, -0.2) is 0 Å². The van der Waals surface area contributed by atoms with Crippen molar-refractivity contribution in [1.29, 1.82) is 0 Å². The molecule has 1 N–H and O–H groups in total. The molecule has 1 atom stereocenters. The summed E-state index contributed by atoms with van der Waals surface area (Å²) in [6.07, 6.45) is 1.37.